The van der Waals surface area contributed by atoms with E-state index in [0.717, 1.165) is 0 Å². The van der Waals surface area contributed by atoms with Crippen LogP contribution in [0.25, 0.3) is 0 Å². The fourth-order valence-corrected chi connectivity index (χ4v) is 4.40. The van der Waals surface area contributed by atoms with Gasteiger partial charge in [-0.2, -0.15) is 4.31 Å². The molecule has 2 amide bonds. The molecule has 1 aromatic carbocycles. The molecule has 0 aliphatic rings. The number of anilines is 1. The molecule has 2 aromatic rings. The molecule has 0 saturated heterocycles. The number of sulfonamides is 1. The molecule has 0 spiro atoms. The largest absolute Gasteiger partial charge is 0.366 e. The van der Waals surface area contributed by atoms with Crippen molar-refractivity contribution in [1.29, 1.82) is 0 Å². The van der Waals surface area contributed by atoms with Gasteiger partial charge in [0, 0.05) is 32.0 Å². The van der Waals surface area contributed by atoms with Gasteiger partial charge in [-0.25, -0.2) is 8.42 Å². The molecule has 0 aliphatic carbocycles. The summed E-state index contributed by atoms with van der Waals surface area (Å²) in [4.78, 5) is 23.8. The van der Waals surface area contributed by atoms with Crippen LogP contribution < -0.4 is 11.1 Å². The highest BCUT2D eigenvalue weighted by Gasteiger charge is 2.25. The molecule has 8 nitrogen and oxygen atoms in total. The van der Waals surface area contributed by atoms with Crippen LogP contribution in [-0.4, -0.2) is 42.2 Å². The van der Waals surface area contributed by atoms with Crippen LogP contribution in [0.5, 0.6) is 0 Å². The van der Waals surface area contributed by atoms with Crippen molar-refractivity contribution in [2.75, 3.05) is 18.4 Å². The lowest BCUT2D eigenvalue weighted by Crippen LogP contribution is -2.30. The van der Waals surface area contributed by atoms with Crippen molar-refractivity contribution in [3.8, 4) is 0 Å². The Hall–Kier alpha value is -2.36. The molecule has 0 saturated carbocycles. The van der Waals surface area contributed by atoms with Gasteiger partial charge in [-0.1, -0.05) is 25.4 Å². The molecule has 2 rings (SSSR count). The molecule has 10 heteroatoms. The number of aromatic nitrogens is 1. The van der Waals surface area contributed by atoms with Crippen LogP contribution in [0.2, 0.25) is 5.02 Å². The van der Waals surface area contributed by atoms with E-state index in [0.29, 0.717) is 18.8 Å². The number of benzene rings is 1. The first-order valence-electron chi connectivity index (χ1n) is 8.19. The van der Waals surface area contributed by atoms with Gasteiger partial charge in [0.15, 0.2) is 0 Å². The second kappa shape index (κ2) is 8.12. The first-order chi connectivity index (χ1) is 12.6. The second-order valence-electron chi connectivity index (χ2n) is 5.77. The van der Waals surface area contributed by atoms with Crippen LogP contribution in [0, 0.1) is 0 Å². The standard InChI is InChI=1S/C17H21ClN4O4S/c1-4-22(5-2)27(25,26)12-9-15(21(3)10-12)17(24)20-11-6-7-13(16(19)23)14(18)8-11/h6-10H,4-5H2,1-3H3,(H2,19,23)(H,20,24). The molecule has 3 N–H and O–H groups in total. The lowest BCUT2D eigenvalue weighted by Gasteiger charge is -2.17. The van der Waals surface area contributed by atoms with Crippen molar-refractivity contribution in [2.24, 2.45) is 12.8 Å². The number of rotatable bonds is 7. The van der Waals surface area contributed by atoms with Crippen molar-refractivity contribution in [3.63, 3.8) is 0 Å². The summed E-state index contributed by atoms with van der Waals surface area (Å²) in [6, 6.07) is 5.61. The molecule has 146 valence electrons. The van der Waals surface area contributed by atoms with Crippen LogP contribution in [0.15, 0.2) is 35.4 Å². The first kappa shape index (κ1) is 20.9. The fourth-order valence-electron chi connectivity index (χ4n) is 2.60. The predicted molar refractivity (Wildman–Crippen MR) is 103 cm³/mol. The maximum Gasteiger partial charge on any atom is 0.272 e. The zero-order chi connectivity index (χ0) is 20.4. The highest BCUT2D eigenvalue weighted by molar-refractivity contribution is 7.89. The lowest BCUT2D eigenvalue weighted by molar-refractivity contribution is 0.0997. The van der Waals surface area contributed by atoms with Crippen molar-refractivity contribution < 1.29 is 18.0 Å². The Bertz CT molecular complexity index is 981. The van der Waals surface area contributed by atoms with E-state index in [4.69, 9.17) is 17.3 Å². The average molecular weight is 413 g/mol. The van der Waals surface area contributed by atoms with Crippen LogP contribution in [-0.2, 0) is 17.1 Å². The predicted octanol–water partition coefficient (Wildman–Crippen LogP) is 2.06. The summed E-state index contributed by atoms with van der Waals surface area (Å²) < 4.78 is 28.0. The minimum Gasteiger partial charge on any atom is -0.366 e. The normalized spacial score (nSPS) is 11.6. The summed E-state index contributed by atoms with van der Waals surface area (Å²) >= 11 is 5.97. The van der Waals surface area contributed by atoms with Gasteiger partial charge in [-0.15, -0.1) is 0 Å². The number of carbonyl (C=O) groups excluding carboxylic acids is 2. The number of carbonyl (C=O) groups is 2. The Labute approximate surface area is 162 Å². The maximum atomic E-state index is 12.6. The smallest absolute Gasteiger partial charge is 0.272 e. The number of aryl methyl sites for hydroxylation is 1. The minimum atomic E-state index is -3.67. The topological polar surface area (TPSA) is 114 Å². The molecule has 0 unspecified atom stereocenters. The van der Waals surface area contributed by atoms with Crippen LogP contribution in [0.4, 0.5) is 5.69 Å². The van der Waals surface area contributed by atoms with E-state index in [-0.39, 0.29) is 21.2 Å². The SMILES string of the molecule is CCN(CC)S(=O)(=O)c1cc(C(=O)Nc2ccc(C(N)=O)c(Cl)c2)n(C)c1. The minimum absolute atomic E-state index is 0.0426. The fraction of sp³-hybridized carbons (Fsp3) is 0.294. The number of primary amides is 1. The van der Waals surface area contributed by atoms with Crippen LogP contribution >= 0.6 is 11.6 Å². The zero-order valence-electron chi connectivity index (χ0n) is 15.2. The molecule has 1 aromatic heterocycles. The van der Waals surface area contributed by atoms with Gasteiger partial charge in [0.25, 0.3) is 5.91 Å². The van der Waals surface area contributed by atoms with Crippen LogP contribution in [0.3, 0.4) is 0 Å². The van der Waals surface area contributed by atoms with Gasteiger partial charge >= 0.3 is 0 Å². The van der Waals surface area contributed by atoms with E-state index >= 15 is 0 Å². The van der Waals surface area contributed by atoms with Gasteiger partial charge < -0.3 is 15.6 Å². The third-order valence-corrected chi connectivity index (χ3v) is 6.38. The molecular weight excluding hydrogens is 392 g/mol. The van der Waals surface area contributed by atoms with Gasteiger partial charge in [-0.05, 0) is 24.3 Å². The monoisotopic (exact) mass is 412 g/mol. The van der Waals surface area contributed by atoms with E-state index in [9.17, 15) is 18.0 Å². The summed E-state index contributed by atoms with van der Waals surface area (Å²) in [5.41, 5.74) is 5.85. The Kier molecular flexibility index (Phi) is 6.30. The van der Waals surface area contributed by atoms with Crippen molar-refractivity contribution in [1.82, 2.24) is 8.87 Å². The lowest BCUT2D eigenvalue weighted by atomic mass is 10.2. The van der Waals surface area contributed by atoms with Crippen molar-refractivity contribution >= 4 is 39.1 Å². The third kappa shape index (κ3) is 4.32. The number of amides is 2. The summed E-state index contributed by atoms with van der Waals surface area (Å²) in [6.07, 6.45) is 1.39. The van der Waals surface area contributed by atoms with Gasteiger partial charge in [0.05, 0.1) is 10.6 Å². The van der Waals surface area contributed by atoms with Crippen molar-refractivity contribution in [3.05, 3.63) is 46.7 Å². The number of halogens is 1. The number of hydrogen-bond donors (Lipinski definition) is 2. The molecule has 0 aliphatic heterocycles. The van der Waals surface area contributed by atoms with Crippen LogP contribution in [0.1, 0.15) is 34.7 Å². The van der Waals surface area contributed by atoms with E-state index in [1.165, 1.54) is 39.3 Å². The first-order valence-corrected chi connectivity index (χ1v) is 10.0. The molecule has 0 fully saturated rings. The number of nitrogens with zero attached hydrogens (tertiary/aromatic N) is 2. The number of nitrogens with one attached hydrogen (secondary N) is 1. The highest BCUT2D eigenvalue weighted by atomic mass is 35.5. The van der Waals surface area contributed by atoms with E-state index in [1.807, 2.05) is 0 Å². The van der Waals surface area contributed by atoms with Gasteiger partial charge in [-0.3, -0.25) is 9.59 Å². The molecule has 0 bridgehead atoms. The number of hydrogen-bond acceptors (Lipinski definition) is 4. The van der Waals surface area contributed by atoms with Gasteiger partial charge in [0.2, 0.25) is 15.9 Å². The summed E-state index contributed by atoms with van der Waals surface area (Å²) in [6.45, 7) is 4.16. The van der Waals surface area contributed by atoms with Crippen molar-refractivity contribution in [2.45, 2.75) is 18.7 Å². The molecule has 27 heavy (non-hydrogen) atoms. The van der Waals surface area contributed by atoms with E-state index < -0.39 is 21.8 Å². The number of nitrogens with two attached hydrogens (primary N) is 1. The zero-order valence-corrected chi connectivity index (χ0v) is 16.8. The Morgan fingerprint density at radius 3 is 2.37 bits per heavy atom. The van der Waals surface area contributed by atoms with Gasteiger partial charge in [0.1, 0.15) is 10.6 Å². The summed E-state index contributed by atoms with van der Waals surface area (Å²) in [7, 11) is -2.09. The Morgan fingerprint density at radius 1 is 1.22 bits per heavy atom. The summed E-state index contributed by atoms with van der Waals surface area (Å²) in [5, 5.41) is 2.73. The maximum absolute atomic E-state index is 12.6. The third-order valence-electron chi connectivity index (χ3n) is 4.05. The summed E-state index contributed by atoms with van der Waals surface area (Å²) in [5.74, 6) is -1.19. The average Bonchev–Trinajstić information content (AvgIpc) is 2.98. The molecule has 1 heterocycles. The van der Waals surface area contributed by atoms with E-state index in [1.54, 1.807) is 20.9 Å². The molecular formula is C17H21ClN4O4S. The quantitative estimate of drug-likeness (QED) is 0.724. The Morgan fingerprint density at radius 2 is 1.85 bits per heavy atom. The van der Waals surface area contributed by atoms with E-state index in [2.05, 4.69) is 5.32 Å². The molecule has 0 atom stereocenters. The molecule has 0 radical (unpaired) electrons. The highest BCUT2D eigenvalue weighted by Crippen LogP contribution is 2.22. The second-order valence-corrected chi connectivity index (χ2v) is 8.12. The Balaban J connectivity index is 2.29.